The highest BCUT2D eigenvalue weighted by Gasteiger charge is 2.40. The van der Waals surface area contributed by atoms with Crippen molar-refractivity contribution in [3.05, 3.63) is 86.0 Å². The van der Waals surface area contributed by atoms with Crippen LogP contribution in [-0.2, 0) is 51.7 Å². The van der Waals surface area contributed by atoms with Gasteiger partial charge in [-0.15, -0.1) is 0 Å². The fraction of sp³-hybridized carbons (Fsp3) is 0.415. The Morgan fingerprint density at radius 2 is 1.71 bits per heavy atom. The van der Waals surface area contributed by atoms with Gasteiger partial charge in [-0.1, -0.05) is 12.1 Å². The number of nitrogens with zero attached hydrogens (tertiary/aromatic N) is 3. The molecule has 8 rings (SSSR count). The van der Waals surface area contributed by atoms with Gasteiger partial charge in [0.2, 0.25) is 11.8 Å². The highest BCUT2D eigenvalue weighted by atomic mass is 32.2. The quantitative estimate of drug-likeness (QED) is 0.0969. The molecule has 6 N–H and O–H groups in total. The number of pyridine rings is 1. The molecule has 1 saturated carbocycles. The van der Waals surface area contributed by atoms with Crippen LogP contribution in [0.3, 0.4) is 0 Å². The molecule has 17 heteroatoms. The molecule has 4 aromatic rings. The first-order valence-corrected chi connectivity index (χ1v) is 21.6. The average Bonchev–Trinajstić information content (AvgIpc) is 3.85. The van der Waals surface area contributed by atoms with Gasteiger partial charge >= 0.3 is 0 Å². The number of carbonyl (C=O) groups excluding carboxylic acids is 5. The van der Waals surface area contributed by atoms with Crippen molar-refractivity contribution in [2.24, 2.45) is 18.7 Å². The number of aromatic amines is 1. The molecule has 4 aliphatic rings. The van der Waals surface area contributed by atoms with Crippen LogP contribution in [-0.4, -0.2) is 90.9 Å². The second-order valence-corrected chi connectivity index (χ2v) is 18.0. The number of nitrogens with two attached hydrogens (primary N) is 1. The van der Waals surface area contributed by atoms with E-state index >= 15 is 0 Å². The number of fused-ring (bicyclic) bond motifs is 3. The maximum atomic E-state index is 14.1. The Balaban J connectivity index is 1.09. The van der Waals surface area contributed by atoms with Gasteiger partial charge in [-0.25, -0.2) is 8.42 Å². The van der Waals surface area contributed by atoms with Gasteiger partial charge in [-0.05, 0) is 72.9 Å². The number of aryl methyl sites for hydroxylation is 2. The summed E-state index contributed by atoms with van der Waals surface area (Å²) in [4.78, 5) is 85.4. The van der Waals surface area contributed by atoms with Crippen LogP contribution in [0.15, 0.2) is 41.3 Å². The molecular weight excluding hydrogens is 765 g/mol. The van der Waals surface area contributed by atoms with Crippen molar-refractivity contribution >= 4 is 56.0 Å². The highest BCUT2D eigenvalue weighted by molar-refractivity contribution is 7.89. The van der Waals surface area contributed by atoms with E-state index in [0.29, 0.717) is 64.2 Å². The zero-order valence-electron chi connectivity index (χ0n) is 32.4. The minimum absolute atomic E-state index is 0.165. The van der Waals surface area contributed by atoms with E-state index in [2.05, 4.69) is 25.8 Å². The van der Waals surface area contributed by atoms with Crippen LogP contribution >= 0.6 is 0 Å². The maximum absolute atomic E-state index is 14.1. The number of amides is 5. The lowest BCUT2D eigenvalue weighted by atomic mass is 9.95. The largest absolute Gasteiger partial charge is 0.366 e. The number of hydrogen-bond donors (Lipinski definition) is 5. The van der Waals surface area contributed by atoms with Gasteiger partial charge in [0.15, 0.2) is 9.84 Å². The molecule has 1 unspecified atom stereocenters. The SMILES string of the molecule is Cn1cc2c3c(c(C(=O)NCCN)[nH]c3c1=O)CN(CC1CC1)c1cc(C(=O)NCCCc3cccc4c3CN(C3CCC(=O)NC3=O)C4=O)c(CS(C)(=O)=O)cc1-2. The number of piperidine rings is 1. The molecule has 16 nitrogen and oxygen atoms in total. The smallest absolute Gasteiger partial charge is 0.274 e. The molecule has 0 radical (unpaired) electrons. The van der Waals surface area contributed by atoms with Crippen LogP contribution in [0.5, 0.6) is 0 Å². The molecule has 1 saturated heterocycles. The molecule has 304 valence electrons. The van der Waals surface area contributed by atoms with E-state index in [1.54, 1.807) is 37.5 Å². The minimum Gasteiger partial charge on any atom is -0.366 e. The van der Waals surface area contributed by atoms with Crippen LogP contribution in [0.1, 0.15) is 85.6 Å². The van der Waals surface area contributed by atoms with Crippen LogP contribution < -0.4 is 32.1 Å². The lowest BCUT2D eigenvalue weighted by Crippen LogP contribution is -2.52. The zero-order valence-corrected chi connectivity index (χ0v) is 33.2. The van der Waals surface area contributed by atoms with E-state index in [0.717, 1.165) is 30.2 Å². The summed E-state index contributed by atoms with van der Waals surface area (Å²) in [6.45, 7) is 1.88. The monoisotopic (exact) mass is 810 g/mol. The second-order valence-electron chi connectivity index (χ2n) is 15.9. The van der Waals surface area contributed by atoms with Gasteiger partial charge in [0.05, 0.1) is 5.75 Å². The average molecular weight is 811 g/mol. The summed E-state index contributed by atoms with van der Waals surface area (Å²) in [5.41, 5.74) is 11.3. The molecular formula is C41H46N8O8S. The van der Waals surface area contributed by atoms with E-state index in [9.17, 15) is 37.2 Å². The lowest BCUT2D eigenvalue weighted by molar-refractivity contribution is -0.136. The molecule has 5 heterocycles. The van der Waals surface area contributed by atoms with Crippen molar-refractivity contribution in [3.63, 3.8) is 0 Å². The third-order valence-electron chi connectivity index (χ3n) is 11.5. The summed E-state index contributed by atoms with van der Waals surface area (Å²) < 4.78 is 27.2. The van der Waals surface area contributed by atoms with Crippen molar-refractivity contribution < 1.29 is 32.4 Å². The number of hydrogen-bond acceptors (Lipinski definition) is 10. The first kappa shape index (κ1) is 39.0. The Kier molecular flexibility index (Phi) is 10.2. The van der Waals surface area contributed by atoms with Crippen LogP contribution in [0, 0.1) is 5.92 Å². The number of carbonyl (C=O) groups is 5. The maximum Gasteiger partial charge on any atom is 0.274 e. The minimum atomic E-state index is -3.62. The van der Waals surface area contributed by atoms with Gasteiger partial charge in [-0.2, -0.15) is 0 Å². The lowest BCUT2D eigenvalue weighted by Gasteiger charge is -2.29. The predicted octanol–water partition coefficient (Wildman–Crippen LogP) is 1.62. The van der Waals surface area contributed by atoms with Crippen LogP contribution in [0.25, 0.3) is 22.0 Å². The van der Waals surface area contributed by atoms with Crippen molar-refractivity contribution in [1.82, 2.24) is 30.4 Å². The van der Waals surface area contributed by atoms with Gasteiger partial charge < -0.3 is 35.7 Å². The normalized spacial score (nSPS) is 17.6. The van der Waals surface area contributed by atoms with Gasteiger partial charge in [0.25, 0.3) is 23.3 Å². The number of anilines is 1. The van der Waals surface area contributed by atoms with Gasteiger partial charge in [0.1, 0.15) is 17.3 Å². The first-order valence-electron chi connectivity index (χ1n) is 19.6. The molecule has 1 atom stereocenters. The second kappa shape index (κ2) is 15.2. The molecule has 2 aromatic carbocycles. The highest BCUT2D eigenvalue weighted by Crippen LogP contribution is 2.45. The third kappa shape index (κ3) is 7.39. The van der Waals surface area contributed by atoms with Crippen molar-refractivity contribution in [3.8, 4) is 11.1 Å². The van der Waals surface area contributed by atoms with E-state index in [1.165, 1.54) is 9.47 Å². The zero-order chi connectivity index (χ0) is 41.0. The van der Waals surface area contributed by atoms with E-state index in [-0.39, 0.29) is 79.7 Å². The van der Waals surface area contributed by atoms with Gasteiger partial charge in [-0.3, -0.25) is 34.1 Å². The first-order chi connectivity index (χ1) is 27.7. The van der Waals surface area contributed by atoms with Crippen molar-refractivity contribution in [2.45, 2.75) is 63.4 Å². The summed E-state index contributed by atoms with van der Waals surface area (Å²) in [7, 11) is -2.00. The van der Waals surface area contributed by atoms with Crippen LogP contribution in [0.2, 0.25) is 0 Å². The summed E-state index contributed by atoms with van der Waals surface area (Å²) in [5.74, 6) is -1.92. The standard InChI is InChI=1S/C41H46N8O8S/c1-47-18-29-27-15-24(21-58(2,56)57)26(16-32(27)48(17-22-8-9-22)19-30-34(29)36(41(47)55)46-35(30)39(53)44-14-12-42)37(51)43-13-4-6-23-5-3-7-25-28(23)20-49(40(25)54)31-10-11-33(50)45-38(31)52/h3,5,7,15-16,18,22,31,46H,4,6,8-14,17,19-21,42H2,1-2H3,(H,43,51)(H,44,53)(H,45,50,52). The Morgan fingerprint density at radius 3 is 2.43 bits per heavy atom. The number of H-pyrrole nitrogens is 1. The van der Waals surface area contributed by atoms with Crippen molar-refractivity contribution in [2.75, 3.05) is 37.3 Å². The van der Waals surface area contributed by atoms with Crippen molar-refractivity contribution in [1.29, 1.82) is 0 Å². The fourth-order valence-electron chi connectivity index (χ4n) is 8.55. The molecule has 0 spiro atoms. The Morgan fingerprint density at radius 1 is 0.931 bits per heavy atom. The predicted molar refractivity (Wildman–Crippen MR) is 216 cm³/mol. The van der Waals surface area contributed by atoms with E-state index in [1.807, 2.05) is 6.07 Å². The Bertz CT molecular complexity index is 2590. The Hall–Kier alpha value is -5.81. The number of aromatic nitrogens is 2. The van der Waals surface area contributed by atoms with Crippen LogP contribution in [0.4, 0.5) is 5.69 Å². The van der Waals surface area contributed by atoms with E-state index in [4.69, 9.17) is 5.73 Å². The Labute approximate surface area is 334 Å². The summed E-state index contributed by atoms with van der Waals surface area (Å²) in [6, 6.07) is 8.21. The summed E-state index contributed by atoms with van der Waals surface area (Å²) >= 11 is 0. The van der Waals surface area contributed by atoms with Gasteiger partial charge in [0, 0.05) is 104 Å². The number of nitrogens with one attached hydrogen (secondary N) is 4. The fourth-order valence-corrected chi connectivity index (χ4v) is 9.36. The molecule has 2 aromatic heterocycles. The topological polar surface area (TPSA) is 226 Å². The molecule has 2 fully saturated rings. The number of benzene rings is 2. The third-order valence-corrected chi connectivity index (χ3v) is 12.3. The number of imide groups is 1. The molecule has 0 bridgehead atoms. The molecule has 1 aliphatic carbocycles. The van der Waals surface area contributed by atoms with E-state index < -0.39 is 39.4 Å². The number of sulfone groups is 1. The summed E-state index contributed by atoms with van der Waals surface area (Å²) in [6.07, 6.45) is 6.33. The molecule has 58 heavy (non-hydrogen) atoms. The molecule has 5 amide bonds. The summed E-state index contributed by atoms with van der Waals surface area (Å²) in [5, 5.41) is 8.72. The molecule has 3 aliphatic heterocycles. The number of rotatable bonds is 13.